The summed E-state index contributed by atoms with van der Waals surface area (Å²) in [6.07, 6.45) is 4.03. The van der Waals surface area contributed by atoms with E-state index in [1.165, 1.54) is 17.7 Å². The molecule has 2 N–H and O–H groups in total. The van der Waals surface area contributed by atoms with Crippen LogP contribution < -0.4 is 10.0 Å². The lowest BCUT2D eigenvalue weighted by atomic mass is 10.3. The molecule has 2 rings (SSSR count). The Hall–Kier alpha value is -1.35. The molecule has 0 amide bonds. The second kappa shape index (κ2) is 7.60. The van der Waals surface area contributed by atoms with Gasteiger partial charge in [-0.1, -0.05) is 6.92 Å². The van der Waals surface area contributed by atoms with Crippen molar-refractivity contribution < 1.29 is 8.42 Å². The van der Waals surface area contributed by atoms with Crippen LogP contribution in [0.15, 0.2) is 34.2 Å². The Balaban J connectivity index is 1.96. The maximum absolute atomic E-state index is 12.2. The zero-order valence-corrected chi connectivity index (χ0v) is 13.4. The van der Waals surface area contributed by atoms with Crippen LogP contribution in [-0.4, -0.2) is 24.9 Å². The van der Waals surface area contributed by atoms with Crippen LogP contribution in [0.1, 0.15) is 24.6 Å². The number of aromatic nitrogens is 2. The van der Waals surface area contributed by atoms with Crippen molar-refractivity contribution in [2.75, 3.05) is 6.54 Å². The summed E-state index contributed by atoms with van der Waals surface area (Å²) in [5.74, 6) is 0. The first-order chi connectivity index (χ1) is 10.1. The molecule has 0 unspecified atom stereocenters. The standard InChI is InChI=1S/C13H18N4O2S2/c1-2-4-14-7-11-6-13(20-9-11)21(18,19)17-8-12-3-5-15-10-16-12/h3,5-6,9-10,14,17H,2,4,7-8H2,1H3. The number of nitrogens with zero attached hydrogens (tertiary/aromatic N) is 2. The van der Waals surface area contributed by atoms with E-state index in [0.29, 0.717) is 16.4 Å². The predicted molar refractivity (Wildman–Crippen MR) is 82.4 cm³/mol. The molecular formula is C13H18N4O2S2. The van der Waals surface area contributed by atoms with Gasteiger partial charge < -0.3 is 5.32 Å². The summed E-state index contributed by atoms with van der Waals surface area (Å²) in [4.78, 5) is 7.78. The zero-order chi connectivity index (χ0) is 15.1. The van der Waals surface area contributed by atoms with Gasteiger partial charge in [-0.15, -0.1) is 11.3 Å². The molecule has 2 aromatic rings. The first-order valence-corrected chi connectivity index (χ1v) is 9.01. The maximum Gasteiger partial charge on any atom is 0.250 e. The van der Waals surface area contributed by atoms with Gasteiger partial charge in [-0.05, 0) is 36.0 Å². The van der Waals surface area contributed by atoms with E-state index in [1.54, 1.807) is 18.3 Å². The van der Waals surface area contributed by atoms with Crippen LogP contribution in [0.2, 0.25) is 0 Å². The molecule has 0 saturated heterocycles. The van der Waals surface area contributed by atoms with E-state index in [4.69, 9.17) is 0 Å². The average molecular weight is 326 g/mol. The van der Waals surface area contributed by atoms with Crippen LogP contribution >= 0.6 is 11.3 Å². The summed E-state index contributed by atoms with van der Waals surface area (Å²) in [7, 11) is -3.49. The van der Waals surface area contributed by atoms with Crippen molar-refractivity contribution >= 4 is 21.4 Å². The number of sulfonamides is 1. The topological polar surface area (TPSA) is 84.0 Å². The average Bonchev–Trinajstić information content (AvgIpc) is 2.96. The fraction of sp³-hybridized carbons (Fsp3) is 0.385. The molecule has 0 aliphatic rings. The summed E-state index contributed by atoms with van der Waals surface area (Å²) in [5, 5.41) is 5.11. The highest BCUT2D eigenvalue weighted by Gasteiger charge is 2.16. The second-order valence-electron chi connectivity index (χ2n) is 4.48. The van der Waals surface area contributed by atoms with Gasteiger partial charge in [-0.25, -0.2) is 23.1 Å². The van der Waals surface area contributed by atoms with Crippen LogP contribution in [0.25, 0.3) is 0 Å². The van der Waals surface area contributed by atoms with E-state index in [2.05, 4.69) is 26.9 Å². The molecule has 0 fully saturated rings. The zero-order valence-electron chi connectivity index (χ0n) is 11.7. The summed E-state index contributed by atoms with van der Waals surface area (Å²) >= 11 is 1.23. The molecule has 21 heavy (non-hydrogen) atoms. The minimum atomic E-state index is -3.49. The lowest BCUT2D eigenvalue weighted by Gasteiger charge is -2.03. The molecule has 0 aliphatic carbocycles. The number of nitrogens with one attached hydrogen (secondary N) is 2. The van der Waals surface area contributed by atoms with E-state index in [9.17, 15) is 8.42 Å². The lowest BCUT2D eigenvalue weighted by molar-refractivity contribution is 0.582. The minimum Gasteiger partial charge on any atom is -0.313 e. The fourth-order valence-electron chi connectivity index (χ4n) is 1.66. The molecule has 0 bridgehead atoms. The van der Waals surface area contributed by atoms with Gasteiger partial charge in [0.25, 0.3) is 0 Å². The third kappa shape index (κ3) is 4.85. The van der Waals surface area contributed by atoms with E-state index in [-0.39, 0.29) is 6.54 Å². The van der Waals surface area contributed by atoms with E-state index < -0.39 is 10.0 Å². The molecule has 0 aliphatic heterocycles. The van der Waals surface area contributed by atoms with Gasteiger partial charge >= 0.3 is 0 Å². The Bertz CT molecular complexity index is 656. The third-order valence-electron chi connectivity index (χ3n) is 2.74. The van der Waals surface area contributed by atoms with Crippen molar-refractivity contribution in [2.24, 2.45) is 0 Å². The van der Waals surface area contributed by atoms with E-state index >= 15 is 0 Å². The lowest BCUT2D eigenvalue weighted by Crippen LogP contribution is -2.23. The van der Waals surface area contributed by atoms with Crippen molar-refractivity contribution in [3.63, 3.8) is 0 Å². The predicted octanol–water partition coefficient (Wildman–Crippen LogP) is 1.52. The Morgan fingerprint density at radius 3 is 2.90 bits per heavy atom. The minimum absolute atomic E-state index is 0.159. The fourth-order valence-corrected chi connectivity index (χ4v) is 3.91. The third-order valence-corrected chi connectivity index (χ3v) is 5.63. The second-order valence-corrected chi connectivity index (χ2v) is 7.38. The van der Waals surface area contributed by atoms with Gasteiger partial charge in [0.2, 0.25) is 10.0 Å². The molecule has 114 valence electrons. The van der Waals surface area contributed by atoms with Crippen molar-refractivity contribution in [1.82, 2.24) is 20.0 Å². The van der Waals surface area contributed by atoms with Gasteiger partial charge in [0.05, 0.1) is 12.2 Å². The largest absolute Gasteiger partial charge is 0.313 e. The Labute approximate surface area is 128 Å². The van der Waals surface area contributed by atoms with Gasteiger partial charge in [-0.2, -0.15) is 0 Å². The number of hydrogen-bond acceptors (Lipinski definition) is 6. The molecule has 8 heteroatoms. The Morgan fingerprint density at radius 1 is 1.33 bits per heavy atom. The molecule has 0 spiro atoms. The van der Waals surface area contributed by atoms with Gasteiger partial charge in [0.1, 0.15) is 10.5 Å². The van der Waals surface area contributed by atoms with Crippen LogP contribution in [0.4, 0.5) is 0 Å². The van der Waals surface area contributed by atoms with Gasteiger partial charge in [-0.3, -0.25) is 0 Å². The highest BCUT2D eigenvalue weighted by Crippen LogP contribution is 2.20. The van der Waals surface area contributed by atoms with E-state index in [0.717, 1.165) is 18.5 Å². The quantitative estimate of drug-likeness (QED) is 0.719. The van der Waals surface area contributed by atoms with Gasteiger partial charge in [0, 0.05) is 12.7 Å². The van der Waals surface area contributed by atoms with Crippen molar-refractivity contribution in [2.45, 2.75) is 30.6 Å². The monoisotopic (exact) mass is 326 g/mol. The summed E-state index contributed by atoms with van der Waals surface area (Å²) in [6.45, 7) is 3.86. The number of hydrogen-bond donors (Lipinski definition) is 2. The van der Waals surface area contributed by atoms with Crippen LogP contribution in [-0.2, 0) is 23.1 Å². The molecule has 0 atom stereocenters. The van der Waals surface area contributed by atoms with Crippen LogP contribution in [0.3, 0.4) is 0 Å². The molecule has 6 nitrogen and oxygen atoms in total. The smallest absolute Gasteiger partial charge is 0.250 e. The van der Waals surface area contributed by atoms with E-state index in [1.807, 2.05) is 5.38 Å². The van der Waals surface area contributed by atoms with Crippen molar-refractivity contribution in [3.05, 3.63) is 41.3 Å². The van der Waals surface area contributed by atoms with Crippen molar-refractivity contribution in [1.29, 1.82) is 0 Å². The summed E-state index contributed by atoms with van der Waals surface area (Å²) in [5.41, 5.74) is 1.62. The normalized spacial score (nSPS) is 11.7. The molecule has 2 aromatic heterocycles. The highest BCUT2D eigenvalue weighted by molar-refractivity contribution is 7.91. The van der Waals surface area contributed by atoms with Gasteiger partial charge in [0.15, 0.2) is 0 Å². The SMILES string of the molecule is CCCNCc1csc(S(=O)(=O)NCc2ccncn2)c1. The summed E-state index contributed by atoms with van der Waals surface area (Å²) in [6, 6.07) is 3.38. The highest BCUT2D eigenvalue weighted by atomic mass is 32.2. The summed E-state index contributed by atoms with van der Waals surface area (Å²) < 4.78 is 27.2. The molecule has 0 saturated carbocycles. The van der Waals surface area contributed by atoms with Crippen LogP contribution in [0, 0.1) is 0 Å². The maximum atomic E-state index is 12.2. The first kappa shape index (κ1) is 16.0. The van der Waals surface area contributed by atoms with Crippen LogP contribution in [0.5, 0.6) is 0 Å². The Morgan fingerprint density at radius 2 is 2.19 bits per heavy atom. The molecule has 2 heterocycles. The molecule has 0 aromatic carbocycles. The first-order valence-electron chi connectivity index (χ1n) is 6.64. The number of thiophene rings is 1. The van der Waals surface area contributed by atoms with Crippen molar-refractivity contribution in [3.8, 4) is 0 Å². The molecule has 0 radical (unpaired) electrons. The number of rotatable bonds is 8. The molecular weight excluding hydrogens is 308 g/mol. The Kier molecular flexibility index (Phi) is 5.80.